The number of Topliss-reactive ketones (excluding diaryl/α,β-unsaturated/α-hetero) is 1. The van der Waals surface area contributed by atoms with Gasteiger partial charge in [0.1, 0.15) is 5.69 Å². The third kappa shape index (κ3) is 3.53. The zero-order valence-electron chi connectivity index (χ0n) is 17.1. The molecule has 0 unspecified atom stereocenters. The third-order valence-electron chi connectivity index (χ3n) is 6.41. The number of nitrogens with zero attached hydrogens (tertiary/aromatic N) is 3. The Bertz CT molecular complexity index is 901. The molecule has 4 rings (SSSR count). The predicted octanol–water partition coefficient (Wildman–Crippen LogP) is 1.80. The molecule has 30 heavy (non-hydrogen) atoms. The molecule has 2 atom stereocenters. The minimum absolute atomic E-state index is 0.124. The maximum Gasteiger partial charge on any atom is 0.334 e. The van der Waals surface area contributed by atoms with Crippen molar-refractivity contribution in [1.82, 2.24) is 19.7 Å². The van der Waals surface area contributed by atoms with Crippen molar-refractivity contribution in [1.29, 1.82) is 0 Å². The number of carbonyl (C=O) groups excluding carboxylic acids is 5. The Morgan fingerprint density at radius 1 is 1.03 bits per heavy atom. The van der Waals surface area contributed by atoms with Crippen LogP contribution < -0.4 is 0 Å². The van der Waals surface area contributed by atoms with Crippen LogP contribution in [0.4, 0.5) is 4.79 Å². The number of H-pyrrole nitrogens is 1. The molecule has 2 saturated heterocycles. The molecule has 9 nitrogen and oxygen atoms in total. The van der Waals surface area contributed by atoms with Crippen molar-refractivity contribution in [2.24, 2.45) is 5.92 Å². The Labute approximate surface area is 174 Å². The average molecular weight is 414 g/mol. The van der Waals surface area contributed by atoms with E-state index in [-0.39, 0.29) is 23.4 Å². The zero-order valence-corrected chi connectivity index (χ0v) is 17.1. The first-order valence-corrected chi connectivity index (χ1v) is 10.6. The highest BCUT2D eigenvalue weighted by atomic mass is 16.2. The fourth-order valence-electron chi connectivity index (χ4n) is 4.64. The minimum atomic E-state index is -0.963. The average Bonchev–Trinajstić information content (AvgIpc) is 3.47. The number of urea groups is 1. The number of likely N-dealkylation sites (tertiary alicyclic amines) is 1. The number of amides is 5. The summed E-state index contributed by atoms with van der Waals surface area (Å²) in [6.45, 7) is 2.84. The van der Waals surface area contributed by atoms with Gasteiger partial charge in [0, 0.05) is 30.9 Å². The largest absolute Gasteiger partial charge is 0.356 e. The second kappa shape index (κ2) is 8.04. The molecule has 9 heteroatoms. The summed E-state index contributed by atoms with van der Waals surface area (Å²) >= 11 is 0. The molecule has 0 spiro atoms. The Balaban J connectivity index is 1.45. The molecule has 0 aromatic carbocycles. The molecule has 1 aliphatic carbocycles. The van der Waals surface area contributed by atoms with E-state index in [9.17, 15) is 24.0 Å². The van der Waals surface area contributed by atoms with Gasteiger partial charge in [-0.1, -0.05) is 19.8 Å². The number of aromatic nitrogens is 1. The zero-order chi connectivity index (χ0) is 21.4. The summed E-state index contributed by atoms with van der Waals surface area (Å²) < 4.78 is 0. The predicted molar refractivity (Wildman–Crippen MR) is 106 cm³/mol. The number of nitrogens with one attached hydrogen (secondary N) is 1. The first-order chi connectivity index (χ1) is 14.4. The topological polar surface area (TPSA) is 111 Å². The normalized spacial score (nSPS) is 24.8. The smallest absolute Gasteiger partial charge is 0.334 e. The fraction of sp³-hybridized carbons (Fsp3) is 0.571. The molecule has 1 aromatic rings. The van der Waals surface area contributed by atoms with Crippen LogP contribution in [0.5, 0.6) is 0 Å². The second-order valence-electron chi connectivity index (χ2n) is 8.40. The molecule has 1 saturated carbocycles. The molecule has 2 aliphatic heterocycles. The summed E-state index contributed by atoms with van der Waals surface area (Å²) in [6.07, 6.45) is 6.83. The van der Waals surface area contributed by atoms with Crippen LogP contribution >= 0.6 is 0 Å². The quantitative estimate of drug-likeness (QED) is 0.449. The lowest BCUT2D eigenvalue weighted by molar-refractivity contribution is -0.144. The van der Waals surface area contributed by atoms with Crippen molar-refractivity contribution in [2.45, 2.75) is 51.5 Å². The SMILES string of the molecule is C[C@@H]1CCCC[C@H]1N1C(=O)C(=O)N(CC(=O)c2c[nH]c(C(=O)N3CCCC3)c2)C1=O. The van der Waals surface area contributed by atoms with Gasteiger partial charge in [0.2, 0.25) is 0 Å². The van der Waals surface area contributed by atoms with Crippen LogP contribution in [0.2, 0.25) is 0 Å². The molecular weight excluding hydrogens is 388 g/mol. The van der Waals surface area contributed by atoms with E-state index >= 15 is 0 Å². The van der Waals surface area contributed by atoms with E-state index in [1.54, 1.807) is 4.90 Å². The van der Waals surface area contributed by atoms with Crippen LogP contribution in [-0.2, 0) is 9.59 Å². The van der Waals surface area contributed by atoms with Crippen LogP contribution in [0.25, 0.3) is 0 Å². The van der Waals surface area contributed by atoms with Crippen LogP contribution in [0.1, 0.15) is 66.3 Å². The van der Waals surface area contributed by atoms with Crippen LogP contribution in [0, 0.1) is 5.92 Å². The van der Waals surface area contributed by atoms with E-state index < -0.39 is 30.2 Å². The first kappa shape index (κ1) is 20.3. The number of aromatic amines is 1. The molecular formula is C21H26N4O5. The first-order valence-electron chi connectivity index (χ1n) is 10.6. The number of hydrogen-bond donors (Lipinski definition) is 1. The lowest BCUT2D eigenvalue weighted by Gasteiger charge is -2.34. The summed E-state index contributed by atoms with van der Waals surface area (Å²) in [5, 5.41) is 0. The van der Waals surface area contributed by atoms with E-state index in [0.717, 1.165) is 41.9 Å². The number of rotatable bonds is 5. The summed E-state index contributed by atoms with van der Waals surface area (Å²) in [4.78, 5) is 69.1. The lowest BCUT2D eigenvalue weighted by atomic mass is 9.85. The minimum Gasteiger partial charge on any atom is -0.356 e. The van der Waals surface area contributed by atoms with Gasteiger partial charge in [-0.05, 0) is 37.7 Å². The molecule has 3 aliphatic rings. The van der Waals surface area contributed by atoms with Crippen molar-refractivity contribution >= 4 is 29.5 Å². The number of imide groups is 2. The van der Waals surface area contributed by atoms with Gasteiger partial charge < -0.3 is 9.88 Å². The summed E-state index contributed by atoms with van der Waals surface area (Å²) in [7, 11) is 0. The Morgan fingerprint density at radius 3 is 2.43 bits per heavy atom. The molecule has 5 amide bonds. The number of carbonyl (C=O) groups is 5. The Hall–Kier alpha value is -2.97. The van der Waals surface area contributed by atoms with Gasteiger partial charge in [0.25, 0.3) is 5.91 Å². The van der Waals surface area contributed by atoms with E-state index in [0.29, 0.717) is 25.2 Å². The molecule has 3 fully saturated rings. The van der Waals surface area contributed by atoms with Crippen molar-refractivity contribution in [3.05, 3.63) is 23.5 Å². The van der Waals surface area contributed by atoms with Gasteiger partial charge in [-0.3, -0.25) is 24.1 Å². The Kier molecular flexibility index (Phi) is 5.44. The van der Waals surface area contributed by atoms with E-state index in [4.69, 9.17) is 0 Å². The van der Waals surface area contributed by atoms with Crippen LogP contribution in [-0.4, -0.2) is 74.9 Å². The maximum atomic E-state index is 12.8. The van der Waals surface area contributed by atoms with Crippen molar-refractivity contribution in [3.8, 4) is 0 Å². The molecule has 160 valence electrons. The Morgan fingerprint density at radius 2 is 1.73 bits per heavy atom. The standard InChI is InChI=1S/C21H26N4O5/c1-13-6-2-3-7-16(13)25-20(29)19(28)24(21(25)30)12-17(26)14-10-15(22-11-14)18(27)23-8-4-5-9-23/h10-11,13,16,22H,2-9,12H2,1H3/t13-,16-/m1/s1. The maximum absolute atomic E-state index is 12.8. The van der Waals surface area contributed by atoms with Gasteiger partial charge in [-0.25, -0.2) is 9.69 Å². The number of hydrogen-bond acceptors (Lipinski definition) is 5. The van der Waals surface area contributed by atoms with Gasteiger partial charge in [-0.15, -0.1) is 0 Å². The third-order valence-corrected chi connectivity index (χ3v) is 6.41. The highest BCUT2D eigenvalue weighted by molar-refractivity contribution is 6.45. The molecule has 1 aromatic heterocycles. The van der Waals surface area contributed by atoms with Crippen molar-refractivity contribution in [2.75, 3.05) is 19.6 Å². The van der Waals surface area contributed by atoms with E-state index in [1.165, 1.54) is 12.3 Å². The molecule has 3 heterocycles. The van der Waals surface area contributed by atoms with Gasteiger partial charge in [0.05, 0.1) is 6.54 Å². The fourth-order valence-corrected chi connectivity index (χ4v) is 4.64. The monoisotopic (exact) mass is 414 g/mol. The van der Waals surface area contributed by atoms with Gasteiger partial charge in [0.15, 0.2) is 5.78 Å². The van der Waals surface area contributed by atoms with Gasteiger partial charge in [-0.2, -0.15) is 0 Å². The lowest BCUT2D eigenvalue weighted by Crippen LogP contribution is -2.46. The number of ketones is 1. The molecule has 1 N–H and O–H groups in total. The highest BCUT2D eigenvalue weighted by Gasteiger charge is 2.49. The van der Waals surface area contributed by atoms with E-state index in [1.807, 2.05) is 6.92 Å². The summed E-state index contributed by atoms with van der Waals surface area (Å²) in [5.41, 5.74) is 0.503. The molecule has 0 radical (unpaired) electrons. The highest BCUT2D eigenvalue weighted by Crippen LogP contribution is 2.31. The second-order valence-corrected chi connectivity index (χ2v) is 8.40. The van der Waals surface area contributed by atoms with Gasteiger partial charge >= 0.3 is 17.8 Å². The summed E-state index contributed by atoms with van der Waals surface area (Å²) in [5.74, 6) is -2.37. The van der Waals surface area contributed by atoms with Crippen molar-refractivity contribution in [3.63, 3.8) is 0 Å². The molecule has 0 bridgehead atoms. The van der Waals surface area contributed by atoms with Crippen LogP contribution in [0.15, 0.2) is 12.3 Å². The van der Waals surface area contributed by atoms with Crippen molar-refractivity contribution < 1.29 is 24.0 Å². The summed E-state index contributed by atoms with van der Waals surface area (Å²) in [6, 6.07) is 0.414. The van der Waals surface area contributed by atoms with Crippen LogP contribution in [0.3, 0.4) is 0 Å². The van der Waals surface area contributed by atoms with E-state index in [2.05, 4.69) is 4.98 Å².